The van der Waals surface area contributed by atoms with Crippen molar-refractivity contribution in [3.8, 4) is 0 Å². The zero-order valence-corrected chi connectivity index (χ0v) is 15.8. The maximum Gasteiger partial charge on any atom is 0.303 e. The van der Waals surface area contributed by atoms with E-state index >= 15 is 0 Å². The van der Waals surface area contributed by atoms with Gasteiger partial charge in [0.15, 0.2) is 0 Å². The third-order valence-electron chi connectivity index (χ3n) is 3.60. The second-order valence-corrected chi connectivity index (χ2v) is 6.10. The van der Waals surface area contributed by atoms with Crippen molar-refractivity contribution < 1.29 is 20.1 Å². The molecule has 0 radical (unpaired) electrons. The number of rotatable bonds is 15. The Morgan fingerprint density at radius 3 is 2.23 bits per heavy atom. The zero-order chi connectivity index (χ0) is 19.5. The monoisotopic (exact) mass is 362 g/mol. The molecule has 2 atom stereocenters. The van der Waals surface area contributed by atoms with E-state index in [4.69, 9.17) is 5.11 Å². The maximum absolute atomic E-state index is 10.4. The number of hydrogen-bond acceptors (Lipinski definition) is 3. The molecule has 0 aromatic heterocycles. The van der Waals surface area contributed by atoms with Gasteiger partial charge in [0.2, 0.25) is 0 Å². The summed E-state index contributed by atoms with van der Waals surface area (Å²) in [5, 5.41) is 28.1. The van der Waals surface area contributed by atoms with Gasteiger partial charge in [-0.2, -0.15) is 0 Å². The largest absolute Gasteiger partial charge is 0.481 e. The Labute approximate surface area is 157 Å². The van der Waals surface area contributed by atoms with E-state index in [9.17, 15) is 15.0 Å². The standard InChI is InChI=1S/C22H34O4/c1-2-3-4-5-6-7-10-15-20(23)16-11-8-12-17-21(24)18-13-9-14-19-22(25)26/h3-4,6-8,10-12,15,17,20-21,23-24H,2,5,9,13-14,16,18-19H2,1H3,(H,25,26). The van der Waals surface area contributed by atoms with Crippen LogP contribution in [-0.4, -0.2) is 33.5 Å². The van der Waals surface area contributed by atoms with Crippen LogP contribution in [0.4, 0.5) is 0 Å². The first-order valence-electron chi connectivity index (χ1n) is 9.45. The van der Waals surface area contributed by atoms with Crippen LogP contribution in [0, 0.1) is 0 Å². The van der Waals surface area contributed by atoms with Gasteiger partial charge in [0, 0.05) is 6.42 Å². The summed E-state index contributed by atoms with van der Waals surface area (Å²) in [6.07, 6.45) is 23.5. The molecule has 0 spiro atoms. The molecular formula is C22H34O4. The number of aliphatic hydroxyl groups excluding tert-OH is 2. The first-order valence-corrected chi connectivity index (χ1v) is 9.45. The summed E-state index contributed by atoms with van der Waals surface area (Å²) in [5.41, 5.74) is 0. The van der Waals surface area contributed by atoms with Crippen molar-refractivity contribution in [2.45, 2.75) is 70.5 Å². The van der Waals surface area contributed by atoms with Crippen molar-refractivity contribution in [2.75, 3.05) is 0 Å². The Balaban J connectivity index is 3.80. The van der Waals surface area contributed by atoms with Gasteiger partial charge in [0.1, 0.15) is 0 Å². The van der Waals surface area contributed by atoms with Gasteiger partial charge in [-0.05, 0) is 32.1 Å². The summed E-state index contributed by atoms with van der Waals surface area (Å²) in [7, 11) is 0. The number of unbranched alkanes of at least 4 members (excludes halogenated alkanes) is 2. The van der Waals surface area contributed by atoms with Crippen LogP contribution in [0.1, 0.15) is 58.3 Å². The molecule has 146 valence electrons. The predicted octanol–water partition coefficient (Wildman–Crippen LogP) is 4.71. The van der Waals surface area contributed by atoms with Crippen molar-refractivity contribution in [2.24, 2.45) is 0 Å². The van der Waals surface area contributed by atoms with E-state index in [2.05, 4.69) is 19.1 Å². The molecule has 4 heteroatoms. The van der Waals surface area contributed by atoms with Gasteiger partial charge in [-0.1, -0.05) is 80.5 Å². The van der Waals surface area contributed by atoms with Crippen LogP contribution in [0.25, 0.3) is 0 Å². The number of allylic oxidation sites excluding steroid dienone is 7. The molecule has 0 aliphatic carbocycles. The number of carbonyl (C=O) groups is 1. The molecule has 0 amide bonds. The fourth-order valence-corrected chi connectivity index (χ4v) is 2.16. The fourth-order valence-electron chi connectivity index (χ4n) is 2.16. The summed E-state index contributed by atoms with van der Waals surface area (Å²) >= 11 is 0. The first-order chi connectivity index (χ1) is 12.6. The molecule has 26 heavy (non-hydrogen) atoms. The second-order valence-electron chi connectivity index (χ2n) is 6.10. The molecule has 0 aromatic carbocycles. The van der Waals surface area contributed by atoms with Crippen molar-refractivity contribution in [1.82, 2.24) is 0 Å². The molecule has 0 aliphatic heterocycles. The summed E-state index contributed by atoms with van der Waals surface area (Å²) in [6, 6.07) is 0. The van der Waals surface area contributed by atoms with Crippen LogP contribution in [0.15, 0.2) is 60.8 Å². The average molecular weight is 363 g/mol. The smallest absolute Gasteiger partial charge is 0.303 e. The summed E-state index contributed by atoms with van der Waals surface area (Å²) in [4.78, 5) is 10.4. The molecule has 0 aliphatic rings. The van der Waals surface area contributed by atoms with Crippen LogP contribution < -0.4 is 0 Å². The van der Waals surface area contributed by atoms with Gasteiger partial charge in [-0.15, -0.1) is 0 Å². The molecular weight excluding hydrogens is 328 g/mol. The van der Waals surface area contributed by atoms with E-state index in [0.29, 0.717) is 19.3 Å². The third kappa shape index (κ3) is 18.4. The molecule has 2 unspecified atom stereocenters. The quantitative estimate of drug-likeness (QED) is 0.224. The average Bonchev–Trinajstić information content (AvgIpc) is 2.60. The number of carboxylic acid groups (broad SMARTS) is 1. The lowest BCUT2D eigenvalue weighted by Crippen LogP contribution is -2.02. The highest BCUT2D eigenvalue weighted by molar-refractivity contribution is 5.66. The van der Waals surface area contributed by atoms with E-state index in [0.717, 1.165) is 25.7 Å². The Kier molecular flexibility index (Phi) is 16.6. The van der Waals surface area contributed by atoms with E-state index in [1.165, 1.54) is 0 Å². The lowest BCUT2D eigenvalue weighted by molar-refractivity contribution is -0.137. The molecule has 3 N–H and O–H groups in total. The van der Waals surface area contributed by atoms with Gasteiger partial charge < -0.3 is 15.3 Å². The van der Waals surface area contributed by atoms with Gasteiger partial charge in [-0.3, -0.25) is 4.79 Å². The Morgan fingerprint density at radius 2 is 1.54 bits per heavy atom. The van der Waals surface area contributed by atoms with Crippen LogP contribution in [0.5, 0.6) is 0 Å². The summed E-state index contributed by atoms with van der Waals surface area (Å²) < 4.78 is 0. The van der Waals surface area contributed by atoms with Crippen LogP contribution in [-0.2, 0) is 4.79 Å². The number of aliphatic hydroxyl groups is 2. The number of carboxylic acids is 1. The lowest BCUT2D eigenvalue weighted by atomic mass is 10.1. The second kappa shape index (κ2) is 17.9. The Bertz CT molecular complexity index is 486. The van der Waals surface area contributed by atoms with Crippen molar-refractivity contribution in [3.05, 3.63) is 60.8 Å². The van der Waals surface area contributed by atoms with Crippen LogP contribution in [0.3, 0.4) is 0 Å². The number of aliphatic carboxylic acids is 1. The maximum atomic E-state index is 10.4. The zero-order valence-electron chi connectivity index (χ0n) is 15.8. The minimum Gasteiger partial charge on any atom is -0.481 e. The third-order valence-corrected chi connectivity index (χ3v) is 3.60. The first kappa shape index (κ1) is 24.1. The van der Waals surface area contributed by atoms with E-state index in [1.807, 2.05) is 30.4 Å². The topological polar surface area (TPSA) is 77.8 Å². The molecule has 0 rings (SSSR count). The van der Waals surface area contributed by atoms with Gasteiger partial charge in [-0.25, -0.2) is 0 Å². The van der Waals surface area contributed by atoms with Crippen LogP contribution >= 0.6 is 0 Å². The van der Waals surface area contributed by atoms with E-state index in [1.54, 1.807) is 18.2 Å². The molecule has 4 nitrogen and oxygen atoms in total. The van der Waals surface area contributed by atoms with Gasteiger partial charge in [0.05, 0.1) is 12.2 Å². The molecule has 0 heterocycles. The van der Waals surface area contributed by atoms with Crippen molar-refractivity contribution >= 4 is 5.97 Å². The molecule has 0 aromatic rings. The van der Waals surface area contributed by atoms with Crippen LogP contribution in [0.2, 0.25) is 0 Å². The minimum atomic E-state index is -0.771. The van der Waals surface area contributed by atoms with Gasteiger partial charge >= 0.3 is 5.97 Å². The van der Waals surface area contributed by atoms with E-state index in [-0.39, 0.29) is 6.42 Å². The normalized spacial score (nSPS) is 15.2. The van der Waals surface area contributed by atoms with Crippen molar-refractivity contribution in [1.29, 1.82) is 0 Å². The Morgan fingerprint density at radius 1 is 0.846 bits per heavy atom. The SMILES string of the molecule is CCC=CCC=CC=CC(O)CC=CC=CC(O)CCCCCC(=O)O. The predicted molar refractivity (Wildman–Crippen MR) is 108 cm³/mol. The lowest BCUT2D eigenvalue weighted by Gasteiger charge is -2.04. The van der Waals surface area contributed by atoms with E-state index < -0.39 is 18.2 Å². The highest BCUT2D eigenvalue weighted by Gasteiger charge is 2.00. The highest BCUT2D eigenvalue weighted by atomic mass is 16.4. The number of hydrogen-bond donors (Lipinski definition) is 3. The molecule has 0 fully saturated rings. The molecule has 0 bridgehead atoms. The summed E-state index contributed by atoms with van der Waals surface area (Å²) in [5.74, 6) is -0.771. The molecule has 0 saturated carbocycles. The van der Waals surface area contributed by atoms with Gasteiger partial charge in [0.25, 0.3) is 0 Å². The summed E-state index contributed by atoms with van der Waals surface area (Å²) in [6.45, 7) is 2.10. The highest BCUT2D eigenvalue weighted by Crippen LogP contribution is 2.07. The Hall–Kier alpha value is -1.91. The van der Waals surface area contributed by atoms with Crippen molar-refractivity contribution in [3.63, 3.8) is 0 Å². The minimum absolute atomic E-state index is 0.192. The molecule has 0 saturated heterocycles. The fraction of sp³-hybridized carbons (Fsp3) is 0.500.